The molecule has 2 aromatic rings. The Hall–Kier alpha value is -3.03. The monoisotopic (exact) mass is 437 g/mol. The highest BCUT2D eigenvalue weighted by molar-refractivity contribution is 6.44. The molecule has 168 valence electrons. The van der Waals surface area contributed by atoms with Crippen LogP contribution in [0.5, 0.6) is 5.75 Å². The summed E-state index contributed by atoms with van der Waals surface area (Å²) in [5.41, 5.74) is 1.20. The van der Waals surface area contributed by atoms with Gasteiger partial charge in [-0.05, 0) is 24.6 Å². The van der Waals surface area contributed by atoms with Gasteiger partial charge in [-0.15, -0.1) is 0 Å². The number of nitrogens with one attached hydrogen (secondary N) is 1. The molecule has 2 saturated heterocycles. The number of amides is 1. The first-order valence-electron chi connectivity index (χ1n) is 11.2. The number of quaternary nitrogens is 1. The van der Waals surface area contributed by atoms with Crippen LogP contribution in [-0.2, 0) is 14.3 Å². The lowest BCUT2D eigenvalue weighted by atomic mass is 9.86. The van der Waals surface area contributed by atoms with Crippen LogP contribution in [0.2, 0.25) is 0 Å². The first kappa shape index (κ1) is 22.2. The van der Waals surface area contributed by atoms with Crippen molar-refractivity contribution in [3.63, 3.8) is 0 Å². The molecule has 0 aliphatic carbocycles. The molecule has 0 bridgehead atoms. The lowest BCUT2D eigenvalue weighted by Gasteiger charge is -2.30. The summed E-state index contributed by atoms with van der Waals surface area (Å²) >= 11 is 0. The first-order valence-corrected chi connectivity index (χ1v) is 11.2. The van der Waals surface area contributed by atoms with Gasteiger partial charge in [0.15, 0.2) is 5.78 Å². The Morgan fingerprint density at radius 3 is 2.41 bits per heavy atom. The topological polar surface area (TPSA) is 77.4 Å². The SMILES string of the molecule is CCOc1ccc(C2C(C(=O)c3ccccc3)C(=O)C(=O)N2CC[NH+]2CCOCC2)cc1. The number of ether oxygens (including phenoxy) is 2. The van der Waals surface area contributed by atoms with E-state index in [2.05, 4.69) is 0 Å². The second-order valence-corrected chi connectivity index (χ2v) is 8.13. The number of morpholine rings is 1. The molecule has 4 rings (SSSR count). The molecule has 7 nitrogen and oxygen atoms in total. The molecular weight excluding hydrogens is 408 g/mol. The van der Waals surface area contributed by atoms with Gasteiger partial charge in [-0.3, -0.25) is 14.4 Å². The van der Waals surface area contributed by atoms with Crippen molar-refractivity contribution in [2.45, 2.75) is 13.0 Å². The fraction of sp³-hybridized carbons (Fsp3) is 0.400. The van der Waals surface area contributed by atoms with E-state index in [-0.39, 0.29) is 5.78 Å². The number of rotatable bonds is 8. The maximum absolute atomic E-state index is 13.4. The molecule has 32 heavy (non-hydrogen) atoms. The summed E-state index contributed by atoms with van der Waals surface area (Å²) < 4.78 is 11.0. The highest BCUT2D eigenvalue weighted by atomic mass is 16.5. The zero-order valence-electron chi connectivity index (χ0n) is 18.3. The van der Waals surface area contributed by atoms with Gasteiger partial charge in [-0.1, -0.05) is 42.5 Å². The van der Waals surface area contributed by atoms with Gasteiger partial charge in [0, 0.05) is 5.56 Å². The predicted octanol–water partition coefficient (Wildman–Crippen LogP) is 0.952. The van der Waals surface area contributed by atoms with Crippen LogP contribution in [0.1, 0.15) is 28.9 Å². The molecule has 2 fully saturated rings. The highest BCUT2D eigenvalue weighted by Gasteiger charge is 2.51. The van der Waals surface area contributed by atoms with E-state index >= 15 is 0 Å². The average Bonchev–Trinajstić information content (AvgIpc) is 3.09. The van der Waals surface area contributed by atoms with Crippen molar-refractivity contribution < 1.29 is 28.8 Å². The Balaban J connectivity index is 1.64. The van der Waals surface area contributed by atoms with Crippen LogP contribution in [0.4, 0.5) is 0 Å². The Morgan fingerprint density at radius 1 is 1.06 bits per heavy atom. The third kappa shape index (κ3) is 4.59. The van der Waals surface area contributed by atoms with E-state index in [1.165, 1.54) is 4.90 Å². The zero-order chi connectivity index (χ0) is 22.5. The van der Waals surface area contributed by atoms with Gasteiger partial charge in [0.2, 0.25) is 5.78 Å². The maximum atomic E-state index is 13.4. The molecule has 0 radical (unpaired) electrons. The Labute approximate surface area is 187 Å². The number of likely N-dealkylation sites (tertiary alicyclic amines) is 1. The van der Waals surface area contributed by atoms with Gasteiger partial charge in [-0.2, -0.15) is 0 Å². The van der Waals surface area contributed by atoms with Crippen LogP contribution in [0.25, 0.3) is 0 Å². The average molecular weight is 438 g/mol. The quantitative estimate of drug-likeness (QED) is 0.378. The van der Waals surface area contributed by atoms with Crippen LogP contribution in [0, 0.1) is 5.92 Å². The molecule has 7 heteroatoms. The third-order valence-electron chi connectivity index (χ3n) is 6.19. The number of carbonyl (C=O) groups excluding carboxylic acids is 3. The molecule has 2 unspecified atom stereocenters. The molecule has 2 atom stereocenters. The van der Waals surface area contributed by atoms with Crippen molar-refractivity contribution in [3.05, 3.63) is 65.7 Å². The standard InChI is InChI=1S/C25H28N2O5/c1-2-32-20-10-8-18(9-11-20)22-21(23(28)19-6-4-3-5-7-19)24(29)25(30)27(22)13-12-26-14-16-31-17-15-26/h3-11,21-22H,2,12-17H2,1H3/p+1. The van der Waals surface area contributed by atoms with Gasteiger partial charge in [-0.25, -0.2) is 0 Å². The van der Waals surface area contributed by atoms with Gasteiger partial charge in [0.25, 0.3) is 5.91 Å². The summed E-state index contributed by atoms with van der Waals surface area (Å²) in [6.07, 6.45) is 0. The molecule has 0 aromatic heterocycles. The zero-order valence-corrected chi connectivity index (χ0v) is 18.3. The first-order chi connectivity index (χ1) is 15.6. The second-order valence-electron chi connectivity index (χ2n) is 8.13. The minimum absolute atomic E-state index is 0.316. The number of ketones is 2. The summed E-state index contributed by atoms with van der Waals surface area (Å²) in [5.74, 6) is -1.87. The summed E-state index contributed by atoms with van der Waals surface area (Å²) in [4.78, 5) is 42.4. The van der Waals surface area contributed by atoms with Crippen molar-refractivity contribution in [1.82, 2.24) is 4.90 Å². The van der Waals surface area contributed by atoms with Crippen LogP contribution < -0.4 is 9.64 Å². The highest BCUT2D eigenvalue weighted by Crippen LogP contribution is 2.38. The second kappa shape index (κ2) is 10.1. The van der Waals surface area contributed by atoms with Crippen molar-refractivity contribution >= 4 is 17.5 Å². The van der Waals surface area contributed by atoms with E-state index in [1.54, 1.807) is 29.2 Å². The van der Waals surface area contributed by atoms with Crippen LogP contribution >= 0.6 is 0 Å². The molecule has 0 spiro atoms. The van der Waals surface area contributed by atoms with E-state index in [1.807, 2.05) is 37.3 Å². The number of Topliss-reactive ketones (excluding diaryl/α,β-unsaturated/α-hetero) is 2. The summed E-state index contributed by atoms with van der Waals surface area (Å²) in [5, 5.41) is 0. The van der Waals surface area contributed by atoms with Gasteiger partial charge < -0.3 is 19.3 Å². The number of nitrogens with zero attached hydrogens (tertiary/aromatic N) is 1. The molecule has 1 N–H and O–H groups in total. The van der Waals surface area contributed by atoms with Crippen molar-refractivity contribution in [2.24, 2.45) is 5.92 Å². The van der Waals surface area contributed by atoms with Crippen LogP contribution in [-0.4, -0.2) is 68.4 Å². The van der Waals surface area contributed by atoms with Gasteiger partial charge >= 0.3 is 0 Å². The predicted molar refractivity (Wildman–Crippen MR) is 118 cm³/mol. The van der Waals surface area contributed by atoms with E-state index in [4.69, 9.17) is 9.47 Å². The summed E-state index contributed by atoms with van der Waals surface area (Å²) in [6.45, 7) is 6.71. The van der Waals surface area contributed by atoms with Crippen LogP contribution in [0.15, 0.2) is 54.6 Å². The Morgan fingerprint density at radius 2 is 1.75 bits per heavy atom. The van der Waals surface area contributed by atoms with E-state index in [9.17, 15) is 14.4 Å². The number of benzene rings is 2. The van der Waals surface area contributed by atoms with Crippen molar-refractivity contribution in [2.75, 3.05) is 46.0 Å². The van der Waals surface area contributed by atoms with E-state index in [0.29, 0.717) is 44.2 Å². The minimum atomic E-state index is -1.05. The molecule has 2 aliphatic rings. The lowest BCUT2D eigenvalue weighted by Crippen LogP contribution is -3.14. The van der Waals surface area contributed by atoms with Crippen molar-refractivity contribution in [3.8, 4) is 5.75 Å². The van der Waals surface area contributed by atoms with Crippen LogP contribution in [0.3, 0.4) is 0 Å². The lowest BCUT2D eigenvalue weighted by molar-refractivity contribution is -0.907. The van der Waals surface area contributed by atoms with E-state index in [0.717, 1.165) is 18.7 Å². The number of hydrogen-bond acceptors (Lipinski definition) is 5. The van der Waals surface area contributed by atoms with E-state index < -0.39 is 23.7 Å². The molecule has 1 amide bonds. The van der Waals surface area contributed by atoms with Gasteiger partial charge in [0.05, 0.1) is 39.0 Å². The smallest absolute Gasteiger partial charge is 0.291 e. The molecule has 2 aromatic carbocycles. The molecule has 2 heterocycles. The van der Waals surface area contributed by atoms with Gasteiger partial charge in [0.1, 0.15) is 24.8 Å². The molecule has 2 aliphatic heterocycles. The Bertz CT molecular complexity index is 954. The fourth-order valence-electron chi connectivity index (χ4n) is 4.50. The summed E-state index contributed by atoms with van der Waals surface area (Å²) in [6, 6.07) is 15.4. The normalized spacial score (nSPS) is 21.7. The summed E-state index contributed by atoms with van der Waals surface area (Å²) in [7, 11) is 0. The largest absolute Gasteiger partial charge is 0.494 e. The number of carbonyl (C=O) groups is 3. The fourth-order valence-corrected chi connectivity index (χ4v) is 4.50. The third-order valence-corrected chi connectivity index (χ3v) is 6.19. The Kier molecular flexibility index (Phi) is 6.97. The number of hydrogen-bond donors (Lipinski definition) is 1. The minimum Gasteiger partial charge on any atom is -0.494 e. The van der Waals surface area contributed by atoms with Crippen molar-refractivity contribution in [1.29, 1.82) is 0 Å². The molecular formula is C25H29N2O5+. The molecule has 0 saturated carbocycles. The maximum Gasteiger partial charge on any atom is 0.291 e.